The second-order valence-electron chi connectivity index (χ2n) is 7.62. The summed E-state index contributed by atoms with van der Waals surface area (Å²) >= 11 is 0. The molecule has 2 aromatic carbocycles. The SMILES string of the molecule is COc1cc(N2CC(C(=O)NCc3ccc(-n4cccn4)cc3)CC2=O)cc(OC)c1OC. The van der Waals surface area contributed by atoms with Crippen LogP contribution in [0.5, 0.6) is 17.2 Å². The zero-order valence-electron chi connectivity index (χ0n) is 18.8. The van der Waals surface area contributed by atoms with E-state index in [1.165, 1.54) is 21.3 Å². The van der Waals surface area contributed by atoms with Gasteiger partial charge in [0.05, 0.1) is 38.6 Å². The Morgan fingerprint density at radius 1 is 1.06 bits per heavy atom. The molecule has 33 heavy (non-hydrogen) atoms. The molecular weight excluding hydrogens is 424 g/mol. The molecule has 1 unspecified atom stereocenters. The number of ether oxygens (including phenoxy) is 3. The summed E-state index contributed by atoms with van der Waals surface area (Å²) < 4.78 is 17.9. The standard InChI is InChI=1S/C24H26N4O5/c1-31-20-12-19(13-21(32-2)23(20)33-3)27-15-17(11-22(27)29)24(30)25-14-16-5-7-18(8-6-16)28-10-4-9-26-28/h4-10,12-13,17H,11,14-15H2,1-3H3,(H,25,30). The number of nitrogens with one attached hydrogen (secondary N) is 1. The first-order chi connectivity index (χ1) is 16.0. The van der Waals surface area contributed by atoms with Gasteiger partial charge in [-0.3, -0.25) is 9.59 Å². The van der Waals surface area contributed by atoms with E-state index in [1.54, 1.807) is 27.9 Å². The Morgan fingerprint density at radius 2 is 1.76 bits per heavy atom. The van der Waals surface area contributed by atoms with Gasteiger partial charge in [0.15, 0.2) is 11.5 Å². The fourth-order valence-electron chi connectivity index (χ4n) is 3.88. The van der Waals surface area contributed by atoms with E-state index in [1.807, 2.05) is 36.5 Å². The average molecular weight is 450 g/mol. The van der Waals surface area contributed by atoms with Crippen LogP contribution in [0.1, 0.15) is 12.0 Å². The van der Waals surface area contributed by atoms with Crippen molar-refractivity contribution in [1.29, 1.82) is 0 Å². The monoisotopic (exact) mass is 450 g/mol. The van der Waals surface area contributed by atoms with E-state index in [0.29, 0.717) is 29.5 Å². The molecule has 4 rings (SSSR count). The summed E-state index contributed by atoms with van der Waals surface area (Å²) in [5.74, 6) is 0.614. The number of hydrogen-bond acceptors (Lipinski definition) is 6. The molecule has 1 aliphatic heterocycles. The minimum absolute atomic E-state index is 0.131. The molecule has 0 saturated carbocycles. The van der Waals surface area contributed by atoms with Gasteiger partial charge >= 0.3 is 0 Å². The maximum Gasteiger partial charge on any atom is 0.227 e. The Labute approximate surface area is 191 Å². The highest BCUT2D eigenvalue weighted by atomic mass is 16.5. The van der Waals surface area contributed by atoms with Crippen LogP contribution in [0.2, 0.25) is 0 Å². The van der Waals surface area contributed by atoms with Gasteiger partial charge in [0.25, 0.3) is 0 Å². The van der Waals surface area contributed by atoms with E-state index in [-0.39, 0.29) is 24.8 Å². The van der Waals surface area contributed by atoms with Crippen molar-refractivity contribution >= 4 is 17.5 Å². The van der Waals surface area contributed by atoms with Gasteiger partial charge in [0, 0.05) is 44.0 Å². The Bertz CT molecular complexity index is 1100. The van der Waals surface area contributed by atoms with E-state index >= 15 is 0 Å². The summed E-state index contributed by atoms with van der Waals surface area (Å²) in [7, 11) is 4.56. The fraction of sp³-hybridized carbons (Fsp3) is 0.292. The maximum atomic E-state index is 12.8. The lowest BCUT2D eigenvalue weighted by Crippen LogP contribution is -2.32. The van der Waals surface area contributed by atoms with Gasteiger partial charge in [0.2, 0.25) is 17.6 Å². The van der Waals surface area contributed by atoms with Crippen molar-refractivity contribution in [3.8, 4) is 22.9 Å². The summed E-state index contributed by atoms with van der Waals surface area (Å²) in [5, 5.41) is 7.14. The van der Waals surface area contributed by atoms with Gasteiger partial charge in [-0.1, -0.05) is 12.1 Å². The van der Waals surface area contributed by atoms with E-state index in [9.17, 15) is 9.59 Å². The normalized spacial score (nSPS) is 15.4. The molecule has 3 aromatic rings. The molecular formula is C24H26N4O5. The van der Waals surface area contributed by atoms with Crippen LogP contribution in [-0.4, -0.2) is 49.5 Å². The second kappa shape index (κ2) is 9.64. The molecule has 172 valence electrons. The van der Waals surface area contributed by atoms with Crippen molar-refractivity contribution in [3.05, 3.63) is 60.4 Å². The van der Waals surface area contributed by atoms with E-state index < -0.39 is 5.92 Å². The largest absolute Gasteiger partial charge is 0.493 e. The molecule has 1 saturated heterocycles. The van der Waals surface area contributed by atoms with Gasteiger partial charge in [-0.15, -0.1) is 0 Å². The van der Waals surface area contributed by atoms with Crippen molar-refractivity contribution in [3.63, 3.8) is 0 Å². The Morgan fingerprint density at radius 3 is 2.33 bits per heavy atom. The number of amides is 2. The van der Waals surface area contributed by atoms with Crippen LogP contribution in [-0.2, 0) is 16.1 Å². The van der Waals surface area contributed by atoms with Gasteiger partial charge in [-0.2, -0.15) is 5.10 Å². The highest BCUT2D eigenvalue weighted by Gasteiger charge is 2.35. The summed E-state index contributed by atoms with van der Waals surface area (Å²) in [6.07, 6.45) is 3.73. The quantitative estimate of drug-likeness (QED) is 0.567. The van der Waals surface area contributed by atoms with Gasteiger partial charge in [-0.05, 0) is 23.8 Å². The first-order valence-corrected chi connectivity index (χ1v) is 10.5. The summed E-state index contributed by atoms with van der Waals surface area (Å²) in [4.78, 5) is 27.0. The molecule has 9 heteroatoms. The van der Waals surface area contributed by atoms with E-state index in [0.717, 1.165) is 11.3 Å². The van der Waals surface area contributed by atoms with Crippen molar-refractivity contribution < 1.29 is 23.8 Å². The molecule has 1 N–H and O–H groups in total. The summed E-state index contributed by atoms with van der Waals surface area (Å²) in [5.41, 5.74) is 2.50. The number of aromatic nitrogens is 2. The van der Waals surface area contributed by atoms with Crippen molar-refractivity contribution in [2.24, 2.45) is 5.92 Å². The minimum atomic E-state index is -0.445. The average Bonchev–Trinajstić information content (AvgIpc) is 3.52. The number of nitrogens with zero attached hydrogens (tertiary/aromatic N) is 3. The van der Waals surface area contributed by atoms with Gasteiger partial charge < -0.3 is 24.4 Å². The van der Waals surface area contributed by atoms with Crippen LogP contribution in [0.15, 0.2) is 54.9 Å². The Balaban J connectivity index is 1.40. The number of anilines is 1. The third-order valence-electron chi connectivity index (χ3n) is 5.63. The number of rotatable bonds is 8. The molecule has 1 fully saturated rings. The lowest BCUT2D eigenvalue weighted by molar-refractivity contribution is -0.126. The van der Waals surface area contributed by atoms with Crippen molar-refractivity contribution in [2.45, 2.75) is 13.0 Å². The molecule has 1 aliphatic rings. The van der Waals surface area contributed by atoms with Crippen LogP contribution in [0.3, 0.4) is 0 Å². The predicted octanol–water partition coefficient (Wildman–Crippen LogP) is 2.57. The summed E-state index contributed by atoms with van der Waals surface area (Å²) in [6.45, 7) is 0.661. The minimum Gasteiger partial charge on any atom is -0.493 e. The van der Waals surface area contributed by atoms with E-state index in [2.05, 4.69) is 10.4 Å². The molecule has 2 heterocycles. The van der Waals surface area contributed by atoms with E-state index in [4.69, 9.17) is 14.2 Å². The molecule has 0 aliphatic carbocycles. The third-order valence-corrected chi connectivity index (χ3v) is 5.63. The van der Waals surface area contributed by atoms with Gasteiger partial charge in [-0.25, -0.2) is 4.68 Å². The van der Waals surface area contributed by atoms with Crippen LogP contribution in [0.4, 0.5) is 5.69 Å². The first-order valence-electron chi connectivity index (χ1n) is 10.5. The van der Waals surface area contributed by atoms with Crippen molar-refractivity contribution in [2.75, 3.05) is 32.8 Å². The predicted molar refractivity (Wildman–Crippen MR) is 122 cm³/mol. The lowest BCUT2D eigenvalue weighted by atomic mass is 10.1. The molecule has 0 bridgehead atoms. The second-order valence-corrected chi connectivity index (χ2v) is 7.62. The molecule has 9 nitrogen and oxygen atoms in total. The molecule has 0 spiro atoms. The summed E-state index contributed by atoms with van der Waals surface area (Å²) in [6, 6.07) is 13.1. The third kappa shape index (κ3) is 4.62. The first kappa shape index (κ1) is 22.2. The zero-order valence-corrected chi connectivity index (χ0v) is 18.8. The fourth-order valence-corrected chi connectivity index (χ4v) is 3.88. The van der Waals surface area contributed by atoms with Crippen LogP contribution in [0, 0.1) is 5.92 Å². The molecule has 2 amide bonds. The molecule has 1 aromatic heterocycles. The Kier molecular flexibility index (Phi) is 6.48. The number of carbonyl (C=O) groups excluding carboxylic acids is 2. The molecule has 1 atom stereocenters. The van der Waals surface area contributed by atoms with Crippen LogP contribution < -0.4 is 24.4 Å². The van der Waals surface area contributed by atoms with Crippen LogP contribution in [0.25, 0.3) is 5.69 Å². The highest BCUT2D eigenvalue weighted by Crippen LogP contribution is 2.42. The number of carbonyl (C=O) groups is 2. The van der Waals surface area contributed by atoms with Gasteiger partial charge in [0.1, 0.15) is 0 Å². The maximum absolute atomic E-state index is 12.8. The number of benzene rings is 2. The molecule has 0 radical (unpaired) electrons. The lowest BCUT2D eigenvalue weighted by Gasteiger charge is -2.20. The number of hydrogen-bond donors (Lipinski definition) is 1. The smallest absolute Gasteiger partial charge is 0.227 e. The topological polar surface area (TPSA) is 94.9 Å². The zero-order chi connectivity index (χ0) is 23.4. The Hall–Kier alpha value is -4.01. The van der Waals surface area contributed by atoms with Crippen molar-refractivity contribution in [1.82, 2.24) is 15.1 Å². The number of methoxy groups -OCH3 is 3. The highest BCUT2D eigenvalue weighted by molar-refractivity contribution is 6.00. The van der Waals surface area contributed by atoms with Crippen LogP contribution >= 0.6 is 0 Å².